The molecule has 1 spiro atoms. The van der Waals surface area contributed by atoms with E-state index in [2.05, 4.69) is 31.6 Å². The molecule has 47 heavy (non-hydrogen) atoms. The Labute approximate surface area is 276 Å². The van der Waals surface area contributed by atoms with E-state index in [0.29, 0.717) is 18.5 Å². The lowest BCUT2D eigenvalue weighted by molar-refractivity contribution is -0.197. The van der Waals surface area contributed by atoms with E-state index in [1.165, 1.54) is 50.9 Å². The molecule has 0 radical (unpaired) electrons. The zero-order valence-corrected chi connectivity index (χ0v) is 28.2. The van der Waals surface area contributed by atoms with Crippen LogP contribution < -0.4 is 14.8 Å². The van der Waals surface area contributed by atoms with Gasteiger partial charge in [-0.15, -0.1) is 0 Å². The molecule has 3 aliphatic carbocycles. The predicted octanol–water partition coefficient (Wildman–Crippen LogP) is 4.35. The molecular weight excluding hydrogens is 614 g/mol. The average molecular weight is 658 g/mol. The summed E-state index contributed by atoms with van der Waals surface area (Å²) in [5, 5.41) is 4.67. The van der Waals surface area contributed by atoms with Crippen LogP contribution in [0.25, 0.3) is 22.2 Å². The van der Waals surface area contributed by atoms with Crippen LogP contribution in [0.15, 0.2) is 36.4 Å². The molecule has 248 valence electrons. The Morgan fingerprint density at radius 1 is 1.04 bits per heavy atom. The highest BCUT2D eigenvalue weighted by atomic mass is 32.2. The summed E-state index contributed by atoms with van der Waals surface area (Å²) in [5.74, 6) is 0.840. The van der Waals surface area contributed by atoms with Gasteiger partial charge in [0.15, 0.2) is 0 Å². The number of likely N-dealkylation sites (tertiary alicyclic amines) is 1. The third kappa shape index (κ3) is 3.99. The molecule has 2 N–H and O–H groups in total. The lowest BCUT2D eigenvalue weighted by Crippen LogP contribution is -2.78. The molecule has 2 saturated heterocycles. The van der Waals surface area contributed by atoms with Gasteiger partial charge in [0.05, 0.1) is 24.3 Å². The Kier molecular flexibility index (Phi) is 6.36. The van der Waals surface area contributed by atoms with Crippen molar-refractivity contribution in [3.8, 4) is 17.0 Å². The summed E-state index contributed by atoms with van der Waals surface area (Å²) in [7, 11) is 0.520. The SMILES string of the molecule is COc1ccc2c(c1)C1CC1(C(=O)N1C3CCC34CNCC14)Cn1c-2c(C2CCCCC2)c2ccc(C(=O)NS(=O)(=O)N(C)C)cc21. The summed E-state index contributed by atoms with van der Waals surface area (Å²) in [4.78, 5) is 30.6. The number of carbonyl (C=O) groups is 2. The molecule has 9 rings (SSSR count). The number of piperidine rings is 1. The van der Waals surface area contributed by atoms with Crippen molar-refractivity contribution in [2.45, 2.75) is 81.8 Å². The van der Waals surface area contributed by atoms with Crippen LogP contribution in [0.4, 0.5) is 0 Å². The molecule has 0 bridgehead atoms. The van der Waals surface area contributed by atoms with Crippen molar-refractivity contribution in [1.29, 1.82) is 0 Å². The van der Waals surface area contributed by atoms with Gasteiger partial charge in [0.2, 0.25) is 5.91 Å². The summed E-state index contributed by atoms with van der Waals surface area (Å²) < 4.78 is 36.4. The molecule has 5 unspecified atom stereocenters. The number of ether oxygens (including phenoxy) is 1. The topological polar surface area (TPSA) is 113 Å². The van der Waals surface area contributed by atoms with Crippen molar-refractivity contribution >= 4 is 32.9 Å². The highest BCUT2D eigenvalue weighted by Gasteiger charge is 2.73. The van der Waals surface area contributed by atoms with Gasteiger partial charge in [-0.2, -0.15) is 12.7 Å². The van der Waals surface area contributed by atoms with Crippen molar-refractivity contribution in [2.75, 3.05) is 34.3 Å². The quantitative estimate of drug-likeness (QED) is 0.408. The van der Waals surface area contributed by atoms with Crippen LogP contribution in [0.3, 0.4) is 0 Å². The minimum atomic E-state index is -3.96. The Morgan fingerprint density at radius 3 is 2.57 bits per heavy atom. The second kappa shape index (κ2) is 10.1. The number of rotatable bonds is 6. The number of fused-ring (bicyclic) bond motifs is 7. The van der Waals surface area contributed by atoms with Gasteiger partial charge >= 0.3 is 10.2 Å². The van der Waals surface area contributed by atoms with E-state index in [4.69, 9.17) is 4.74 Å². The molecule has 6 aliphatic rings. The summed E-state index contributed by atoms with van der Waals surface area (Å²) in [6.45, 7) is 2.41. The number of hydrogen-bond acceptors (Lipinski definition) is 6. The summed E-state index contributed by atoms with van der Waals surface area (Å²) in [5.41, 5.74) is 5.61. The van der Waals surface area contributed by atoms with E-state index in [1.54, 1.807) is 13.2 Å². The molecule has 3 aromatic rings. The monoisotopic (exact) mass is 657 g/mol. The largest absolute Gasteiger partial charge is 0.497 e. The van der Waals surface area contributed by atoms with Crippen LogP contribution in [0.1, 0.15) is 84.7 Å². The van der Waals surface area contributed by atoms with Crippen LogP contribution in [-0.4, -0.2) is 80.4 Å². The first-order valence-electron chi connectivity index (χ1n) is 17.2. The molecule has 10 nitrogen and oxygen atoms in total. The van der Waals surface area contributed by atoms with E-state index < -0.39 is 21.5 Å². The van der Waals surface area contributed by atoms with Gasteiger partial charge in [-0.05, 0) is 79.5 Å². The molecule has 2 aromatic carbocycles. The number of hydrogen-bond donors (Lipinski definition) is 2. The van der Waals surface area contributed by atoms with Crippen molar-refractivity contribution in [2.24, 2.45) is 10.8 Å². The van der Waals surface area contributed by atoms with Gasteiger partial charge in [-0.1, -0.05) is 25.3 Å². The molecule has 1 aromatic heterocycles. The second-order valence-electron chi connectivity index (χ2n) is 15.1. The molecule has 3 saturated carbocycles. The summed E-state index contributed by atoms with van der Waals surface area (Å²) in [6, 6.07) is 12.5. The van der Waals surface area contributed by atoms with Gasteiger partial charge in [0.1, 0.15) is 5.75 Å². The maximum Gasteiger partial charge on any atom is 0.303 e. The highest BCUT2D eigenvalue weighted by Crippen LogP contribution is 2.69. The Balaban J connectivity index is 1.23. The van der Waals surface area contributed by atoms with Gasteiger partial charge in [0, 0.05) is 73.1 Å². The van der Waals surface area contributed by atoms with Crippen molar-refractivity contribution < 1.29 is 22.7 Å². The minimum absolute atomic E-state index is 0.0791. The fraction of sp³-hybridized carbons (Fsp3) is 0.556. The zero-order valence-electron chi connectivity index (χ0n) is 27.3. The Bertz CT molecular complexity index is 1960. The molecule has 2 amide bonds. The van der Waals surface area contributed by atoms with Crippen molar-refractivity contribution in [1.82, 2.24) is 23.8 Å². The lowest BCUT2D eigenvalue weighted by atomic mass is 9.53. The van der Waals surface area contributed by atoms with Crippen LogP contribution in [0.5, 0.6) is 5.75 Å². The number of nitrogens with zero attached hydrogens (tertiary/aromatic N) is 3. The van der Waals surface area contributed by atoms with E-state index in [-0.39, 0.29) is 28.8 Å². The van der Waals surface area contributed by atoms with Crippen LogP contribution in [-0.2, 0) is 21.5 Å². The third-order valence-electron chi connectivity index (χ3n) is 12.8. The number of benzene rings is 2. The first kappa shape index (κ1) is 29.7. The normalized spacial score (nSPS) is 30.6. The zero-order chi connectivity index (χ0) is 32.5. The van der Waals surface area contributed by atoms with Crippen LogP contribution in [0, 0.1) is 10.8 Å². The summed E-state index contributed by atoms with van der Waals surface area (Å²) in [6.07, 6.45) is 8.83. The first-order valence-corrected chi connectivity index (χ1v) is 18.7. The highest BCUT2D eigenvalue weighted by molar-refractivity contribution is 7.87. The molecular formula is C36H43N5O5S. The molecule has 5 atom stereocenters. The molecule has 4 heterocycles. The van der Waals surface area contributed by atoms with Gasteiger partial charge in [-0.25, -0.2) is 4.72 Å². The van der Waals surface area contributed by atoms with Crippen LogP contribution in [0.2, 0.25) is 0 Å². The van der Waals surface area contributed by atoms with E-state index in [9.17, 15) is 18.0 Å². The van der Waals surface area contributed by atoms with E-state index >= 15 is 0 Å². The standard InChI is InChI=1S/C36H43N5O5S/c1-39(2)47(44,45)38-33(42)22-9-11-25-28(15-22)40-20-36(34(43)41-29-13-14-35(29)19-37-18-30(35)41)17-27(36)26-16-23(46-3)10-12-24(26)32(40)31(25)21-7-5-4-6-8-21/h9-12,15-16,21,27,29-30,37H,4-8,13-14,17-20H2,1-3H3,(H,38,42). The van der Waals surface area contributed by atoms with E-state index in [0.717, 1.165) is 71.0 Å². The Hall–Kier alpha value is -3.41. The van der Waals surface area contributed by atoms with Crippen molar-refractivity contribution in [3.63, 3.8) is 0 Å². The number of carbonyl (C=O) groups excluding carboxylic acids is 2. The lowest BCUT2D eigenvalue weighted by Gasteiger charge is -2.68. The third-order valence-corrected chi connectivity index (χ3v) is 14.2. The smallest absolute Gasteiger partial charge is 0.303 e. The molecule has 5 fully saturated rings. The Morgan fingerprint density at radius 2 is 1.85 bits per heavy atom. The molecule has 3 aliphatic heterocycles. The summed E-state index contributed by atoms with van der Waals surface area (Å²) >= 11 is 0. The second-order valence-corrected chi connectivity index (χ2v) is 17.0. The van der Waals surface area contributed by atoms with E-state index in [1.807, 2.05) is 18.2 Å². The maximum atomic E-state index is 15.0. The average Bonchev–Trinajstić information content (AvgIpc) is 3.53. The fourth-order valence-corrected chi connectivity index (χ4v) is 10.7. The van der Waals surface area contributed by atoms with Crippen LogP contribution >= 0.6 is 0 Å². The van der Waals surface area contributed by atoms with Gasteiger partial charge < -0.3 is 19.5 Å². The van der Waals surface area contributed by atoms with Crippen molar-refractivity contribution in [3.05, 3.63) is 53.1 Å². The minimum Gasteiger partial charge on any atom is -0.497 e. The number of nitrogens with one attached hydrogen (secondary N) is 2. The number of methoxy groups -OCH3 is 1. The first-order chi connectivity index (χ1) is 22.6. The number of aromatic nitrogens is 1. The maximum absolute atomic E-state index is 15.0. The van der Waals surface area contributed by atoms with Gasteiger partial charge in [0.25, 0.3) is 5.91 Å². The fourth-order valence-electron chi connectivity index (χ4n) is 10.2. The van der Waals surface area contributed by atoms with Gasteiger partial charge in [-0.3, -0.25) is 9.59 Å². The number of amides is 2. The molecule has 11 heteroatoms. The predicted molar refractivity (Wildman–Crippen MR) is 179 cm³/mol.